The number of carbonyl (C=O) groups excluding carboxylic acids is 1. The zero-order chi connectivity index (χ0) is 24.2. The number of amides is 1. The van der Waals surface area contributed by atoms with E-state index in [1.54, 1.807) is 29.8 Å². The SMILES string of the molecule is Cc1nnc(-c2cc(CCC(C)C)n(-c3cccc(C(=O)NCc4ccc(F)c(F)c4)c3)n2)o1. The van der Waals surface area contributed by atoms with E-state index in [2.05, 4.69) is 34.5 Å². The highest BCUT2D eigenvalue weighted by Gasteiger charge is 2.17. The molecule has 7 nitrogen and oxygen atoms in total. The molecule has 0 radical (unpaired) electrons. The Morgan fingerprint density at radius 1 is 1.09 bits per heavy atom. The molecule has 2 heterocycles. The van der Waals surface area contributed by atoms with Crippen LogP contribution in [0.15, 0.2) is 52.9 Å². The maximum absolute atomic E-state index is 13.4. The number of carbonyl (C=O) groups is 1. The van der Waals surface area contributed by atoms with Crippen molar-refractivity contribution in [3.05, 3.63) is 82.9 Å². The summed E-state index contributed by atoms with van der Waals surface area (Å²) in [5, 5.41) is 15.3. The van der Waals surface area contributed by atoms with Crippen molar-refractivity contribution in [3.63, 3.8) is 0 Å². The summed E-state index contributed by atoms with van der Waals surface area (Å²) in [5.74, 6) is -0.921. The van der Waals surface area contributed by atoms with Gasteiger partial charge in [-0.25, -0.2) is 13.5 Å². The summed E-state index contributed by atoms with van der Waals surface area (Å²) in [6.45, 7) is 6.10. The summed E-state index contributed by atoms with van der Waals surface area (Å²) in [6, 6.07) is 12.5. The van der Waals surface area contributed by atoms with Crippen molar-refractivity contribution < 1.29 is 18.0 Å². The van der Waals surface area contributed by atoms with Gasteiger partial charge in [-0.2, -0.15) is 5.10 Å². The van der Waals surface area contributed by atoms with E-state index in [4.69, 9.17) is 4.42 Å². The maximum atomic E-state index is 13.4. The van der Waals surface area contributed by atoms with E-state index in [-0.39, 0.29) is 12.5 Å². The summed E-state index contributed by atoms with van der Waals surface area (Å²) >= 11 is 0. The smallest absolute Gasteiger partial charge is 0.268 e. The molecule has 0 atom stereocenters. The van der Waals surface area contributed by atoms with Crippen molar-refractivity contribution in [2.75, 3.05) is 0 Å². The van der Waals surface area contributed by atoms with Gasteiger partial charge in [-0.3, -0.25) is 4.79 Å². The van der Waals surface area contributed by atoms with Crippen molar-refractivity contribution in [1.82, 2.24) is 25.3 Å². The number of nitrogens with zero attached hydrogens (tertiary/aromatic N) is 4. The third kappa shape index (κ3) is 5.36. The third-order valence-electron chi connectivity index (χ3n) is 5.30. The normalized spacial score (nSPS) is 11.2. The van der Waals surface area contributed by atoms with Crippen molar-refractivity contribution in [1.29, 1.82) is 0 Å². The number of hydrogen-bond acceptors (Lipinski definition) is 5. The molecular weight excluding hydrogens is 440 g/mol. The van der Waals surface area contributed by atoms with Gasteiger partial charge < -0.3 is 9.73 Å². The summed E-state index contributed by atoms with van der Waals surface area (Å²) in [7, 11) is 0. The van der Waals surface area contributed by atoms with Gasteiger partial charge in [0, 0.05) is 24.7 Å². The van der Waals surface area contributed by atoms with E-state index in [0.717, 1.165) is 30.7 Å². The van der Waals surface area contributed by atoms with Crippen LogP contribution in [-0.2, 0) is 13.0 Å². The summed E-state index contributed by atoms with van der Waals surface area (Å²) in [5.41, 5.74) is 3.11. The molecule has 0 fully saturated rings. The van der Waals surface area contributed by atoms with Crippen LogP contribution in [0.5, 0.6) is 0 Å². The Labute approximate surface area is 195 Å². The van der Waals surface area contributed by atoms with Crippen LogP contribution >= 0.6 is 0 Å². The zero-order valence-electron chi connectivity index (χ0n) is 19.2. The van der Waals surface area contributed by atoms with Crippen molar-refractivity contribution >= 4 is 5.91 Å². The number of aromatic nitrogens is 4. The fourth-order valence-corrected chi connectivity index (χ4v) is 3.48. The Kier molecular flexibility index (Phi) is 6.81. The lowest BCUT2D eigenvalue weighted by molar-refractivity contribution is 0.0951. The van der Waals surface area contributed by atoms with Crippen LogP contribution in [0.4, 0.5) is 8.78 Å². The second kappa shape index (κ2) is 9.94. The van der Waals surface area contributed by atoms with Crippen molar-refractivity contribution in [2.24, 2.45) is 5.92 Å². The summed E-state index contributed by atoms with van der Waals surface area (Å²) < 4.78 is 33.9. The molecule has 0 spiro atoms. The van der Waals surface area contributed by atoms with E-state index in [1.807, 2.05) is 12.1 Å². The van der Waals surface area contributed by atoms with Gasteiger partial charge in [0.05, 0.1) is 5.69 Å². The number of benzene rings is 2. The molecule has 0 aliphatic carbocycles. The van der Waals surface area contributed by atoms with Gasteiger partial charge >= 0.3 is 0 Å². The first kappa shape index (κ1) is 23.3. The topological polar surface area (TPSA) is 85.8 Å². The molecule has 4 rings (SSSR count). The van der Waals surface area contributed by atoms with Crippen molar-refractivity contribution in [2.45, 2.75) is 40.2 Å². The Morgan fingerprint density at radius 2 is 1.91 bits per heavy atom. The first-order valence-electron chi connectivity index (χ1n) is 11.0. The second-order valence-electron chi connectivity index (χ2n) is 8.47. The molecule has 176 valence electrons. The standard InChI is InChI=1S/C25H25F2N5O2/c1-15(2)7-9-20-13-23(25-30-29-16(3)34-25)31-32(20)19-6-4-5-18(12-19)24(33)28-14-17-8-10-21(26)22(27)11-17/h4-6,8,10-13,15H,7,9,14H2,1-3H3,(H,28,33). The summed E-state index contributed by atoms with van der Waals surface area (Å²) in [4.78, 5) is 12.7. The second-order valence-corrected chi connectivity index (χ2v) is 8.47. The minimum atomic E-state index is -0.950. The Balaban J connectivity index is 1.58. The summed E-state index contributed by atoms with van der Waals surface area (Å²) in [6.07, 6.45) is 1.74. The van der Waals surface area contributed by atoms with Gasteiger partial charge in [0.1, 0.15) is 5.69 Å². The molecule has 0 unspecified atom stereocenters. The van der Waals surface area contributed by atoms with Gasteiger partial charge in [-0.1, -0.05) is 26.0 Å². The minimum Gasteiger partial charge on any atom is -0.420 e. The molecular formula is C25H25F2N5O2. The van der Waals surface area contributed by atoms with Crippen LogP contribution in [0.3, 0.4) is 0 Å². The molecule has 0 bridgehead atoms. The number of hydrogen-bond donors (Lipinski definition) is 1. The van der Waals surface area contributed by atoms with E-state index in [9.17, 15) is 13.6 Å². The predicted octanol–water partition coefficient (Wildman–Crippen LogP) is 5.03. The molecule has 2 aromatic carbocycles. The number of rotatable bonds is 8. The number of halogens is 2. The molecule has 0 aliphatic heterocycles. The molecule has 9 heteroatoms. The molecule has 2 aromatic heterocycles. The van der Waals surface area contributed by atoms with E-state index >= 15 is 0 Å². The van der Waals surface area contributed by atoms with Crippen molar-refractivity contribution in [3.8, 4) is 17.3 Å². The average Bonchev–Trinajstić information content (AvgIpc) is 3.44. The maximum Gasteiger partial charge on any atom is 0.268 e. The minimum absolute atomic E-state index is 0.0718. The first-order valence-corrected chi connectivity index (χ1v) is 11.0. The van der Waals surface area contributed by atoms with E-state index in [0.29, 0.717) is 40.2 Å². The molecule has 1 N–H and O–H groups in total. The molecule has 0 aliphatic rings. The lowest BCUT2D eigenvalue weighted by Gasteiger charge is -2.11. The molecule has 4 aromatic rings. The first-order chi connectivity index (χ1) is 16.3. The van der Waals surface area contributed by atoms with Crippen LogP contribution in [0.1, 0.15) is 47.8 Å². The quantitative estimate of drug-likeness (QED) is 0.395. The van der Waals surface area contributed by atoms with Gasteiger partial charge in [-0.05, 0) is 60.7 Å². The molecule has 0 saturated heterocycles. The van der Waals surface area contributed by atoms with Gasteiger partial charge in [0.2, 0.25) is 5.89 Å². The largest absolute Gasteiger partial charge is 0.420 e. The van der Waals surface area contributed by atoms with Crippen LogP contribution < -0.4 is 5.32 Å². The van der Waals surface area contributed by atoms with Crippen LogP contribution in [0, 0.1) is 24.5 Å². The highest BCUT2D eigenvalue weighted by molar-refractivity contribution is 5.94. The van der Waals surface area contributed by atoms with Gasteiger partial charge in [0.25, 0.3) is 11.8 Å². The van der Waals surface area contributed by atoms with E-state index in [1.165, 1.54) is 6.07 Å². The monoisotopic (exact) mass is 465 g/mol. The number of nitrogens with one attached hydrogen (secondary N) is 1. The molecule has 34 heavy (non-hydrogen) atoms. The number of aryl methyl sites for hydroxylation is 2. The highest BCUT2D eigenvalue weighted by atomic mass is 19.2. The average molecular weight is 466 g/mol. The fraction of sp³-hybridized carbons (Fsp3) is 0.280. The lowest BCUT2D eigenvalue weighted by Crippen LogP contribution is -2.23. The Bertz CT molecular complexity index is 1310. The van der Waals surface area contributed by atoms with Gasteiger partial charge in [0.15, 0.2) is 11.6 Å². The zero-order valence-corrected chi connectivity index (χ0v) is 19.2. The third-order valence-corrected chi connectivity index (χ3v) is 5.30. The van der Waals surface area contributed by atoms with E-state index < -0.39 is 11.6 Å². The lowest BCUT2D eigenvalue weighted by atomic mass is 10.1. The molecule has 0 saturated carbocycles. The fourth-order valence-electron chi connectivity index (χ4n) is 3.48. The van der Waals surface area contributed by atoms with Gasteiger partial charge in [-0.15, -0.1) is 10.2 Å². The highest BCUT2D eigenvalue weighted by Crippen LogP contribution is 2.23. The van der Waals surface area contributed by atoms with Crippen LogP contribution in [-0.4, -0.2) is 25.9 Å². The predicted molar refractivity (Wildman–Crippen MR) is 122 cm³/mol. The Morgan fingerprint density at radius 3 is 2.62 bits per heavy atom. The Hall–Kier alpha value is -3.88. The van der Waals surface area contributed by atoms with Crippen LogP contribution in [0.2, 0.25) is 0 Å². The molecule has 1 amide bonds. The van der Waals surface area contributed by atoms with Crippen LogP contribution in [0.25, 0.3) is 17.3 Å².